The van der Waals surface area contributed by atoms with Crippen molar-refractivity contribution in [2.24, 2.45) is 0 Å². The van der Waals surface area contributed by atoms with E-state index in [9.17, 15) is 14.7 Å². The van der Waals surface area contributed by atoms with Crippen molar-refractivity contribution in [1.29, 1.82) is 0 Å². The van der Waals surface area contributed by atoms with Crippen molar-refractivity contribution in [3.63, 3.8) is 0 Å². The molecule has 0 saturated heterocycles. The molecule has 0 saturated carbocycles. The van der Waals surface area contributed by atoms with Gasteiger partial charge in [0.25, 0.3) is 0 Å². The van der Waals surface area contributed by atoms with Gasteiger partial charge < -0.3 is 19.9 Å². The number of benzene rings is 2. The van der Waals surface area contributed by atoms with Crippen LogP contribution in [-0.2, 0) is 27.5 Å². The van der Waals surface area contributed by atoms with Gasteiger partial charge in [0.15, 0.2) is 0 Å². The van der Waals surface area contributed by atoms with Gasteiger partial charge in [0.05, 0.1) is 12.2 Å². The van der Waals surface area contributed by atoms with E-state index in [1.165, 1.54) is 6.08 Å². The number of unbranched alkanes of at least 4 members (excludes halogenated alkanes) is 1. The number of anilines is 1. The van der Waals surface area contributed by atoms with Gasteiger partial charge in [0, 0.05) is 25.4 Å². The molecule has 0 aromatic heterocycles. The highest BCUT2D eigenvalue weighted by Crippen LogP contribution is 2.16. The first-order chi connectivity index (χ1) is 13.6. The summed E-state index contributed by atoms with van der Waals surface area (Å²) in [5.74, 6) is -1.34. The smallest absolute Gasteiger partial charge is 0.335 e. The van der Waals surface area contributed by atoms with Crippen LogP contribution in [0.25, 0.3) is 0 Å². The number of hydrogen-bond donors (Lipinski definition) is 2. The van der Waals surface area contributed by atoms with Crippen molar-refractivity contribution in [2.75, 3.05) is 19.0 Å². The highest BCUT2D eigenvalue weighted by molar-refractivity contribution is 5.89. The number of hydrogen-bond acceptors (Lipinski definition) is 5. The molecule has 2 rings (SSSR count). The molecular formula is C22H25NO5. The maximum absolute atomic E-state index is 11.7. The van der Waals surface area contributed by atoms with Gasteiger partial charge in [-0.3, -0.25) is 0 Å². The van der Waals surface area contributed by atoms with Crippen LogP contribution >= 0.6 is 0 Å². The summed E-state index contributed by atoms with van der Waals surface area (Å²) in [5, 5.41) is 12.4. The summed E-state index contributed by atoms with van der Waals surface area (Å²) in [7, 11) is 1.57. The number of nitrogens with one attached hydrogen (secondary N) is 1. The molecular weight excluding hydrogens is 358 g/mol. The van der Waals surface area contributed by atoms with Crippen molar-refractivity contribution in [3.05, 3.63) is 77.4 Å². The van der Waals surface area contributed by atoms with E-state index in [2.05, 4.69) is 5.32 Å². The molecule has 0 aliphatic heterocycles. The molecule has 6 heteroatoms. The molecule has 0 fully saturated rings. The molecule has 2 aromatic carbocycles. The molecule has 148 valence electrons. The van der Waals surface area contributed by atoms with Crippen molar-refractivity contribution in [2.45, 2.75) is 26.1 Å². The highest BCUT2D eigenvalue weighted by Gasteiger charge is 2.07. The van der Waals surface area contributed by atoms with E-state index >= 15 is 0 Å². The molecule has 6 nitrogen and oxygen atoms in total. The maximum atomic E-state index is 11.7. The Morgan fingerprint density at radius 3 is 2.57 bits per heavy atom. The van der Waals surface area contributed by atoms with Crippen LogP contribution < -0.4 is 5.32 Å². The van der Waals surface area contributed by atoms with E-state index in [4.69, 9.17) is 9.47 Å². The fourth-order valence-electron chi connectivity index (χ4n) is 2.58. The SMILES string of the molecule is COCc1cc(NCCCC=CC(=O)OCc2ccccc2)cc(C(=O)O)c1. The number of rotatable bonds is 11. The van der Waals surface area contributed by atoms with Crippen LogP contribution in [-0.4, -0.2) is 30.7 Å². The molecule has 0 aliphatic rings. The quantitative estimate of drug-likeness (QED) is 0.346. The lowest BCUT2D eigenvalue weighted by Gasteiger charge is -2.09. The lowest BCUT2D eigenvalue weighted by molar-refractivity contribution is -0.139. The Labute approximate surface area is 164 Å². The fraction of sp³-hybridized carbons (Fsp3) is 0.273. The number of esters is 1. The zero-order valence-corrected chi connectivity index (χ0v) is 15.9. The van der Waals surface area contributed by atoms with Crippen molar-refractivity contribution < 1.29 is 24.2 Å². The molecule has 0 bridgehead atoms. The van der Waals surface area contributed by atoms with Crippen LogP contribution in [0.4, 0.5) is 5.69 Å². The van der Waals surface area contributed by atoms with E-state index < -0.39 is 5.97 Å². The standard InChI is InChI=1S/C22H25NO5/c1-27-15-18-12-19(22(25)26)14-20(13-18)23-11-7-3-6-10-21(24)28-16-17-8-4-2-5-9-17/h2,4-6,8-10,12-14,23H,3,7,11,15-16H2,1H3,(H,25,26). The van der Waals surface area contributed by atoms with Gasteiger partial charge in [-0.25, -0.2) is 9.59 Å². The summed E-state index contributed by atoms with van der Waals surface area (Å²) in [6.45, 7) is 1.26. The first kappa shape index (κ1) is 21.2. The van der Waals surface area contributed by atoms with E-state index in [0.717, 1.165) is 23.2 Å². The molecule has 0 aliphatic carbocycles. The van der Waals surface area contributed by atoms with E-state index in [1.807, 2.05) is 36.4 Å². The van der Waals surface area contributed by atoms with Gasteiger partial charge >= 0.3 is 11.9 Å². The lowest BCUT2D eigenvalue weighted by Crippen LogP contribution is -2.05. The summed E-state index contributed by atoms with van der Waals surface area (Å²) >= 11 is 0. The van der Waals surface area contributed by atoms with Gasteiger partial charge in [0.1, 0.15) is 6.61 Å². The van der Waals surface area contributed by atoms with E-state index in [0.29, 0.717) is 19.6 Å². The third kappa shape index (κ3) is 7.63. The molecule has 28 heavy (non-hydrogen) atoms. The van der Waals surface area contributed by atoms with E-state index in [-0.39, 0.29) is 18.1 Å². The Morgan fingerprint density at radius 1 is 1.07 bits per heavy atom. The molecule has 0 unspecified atom stereocenters. The number of carbonyl (C=O) groups excluding carboxylic acids is 1. The predicted molar refractivity (Wildman–Crippen MR) is 107 cm³/mol. The number of allylic oxidation sites excluding steroid dienone is 1. The zero-order chi connectivity index (χ0) is 20.2. The van der Waals surface area contributed by atoms with Gasteiger partial charge in [0.2, 0.25) is 0 Å². The number of carboxylic acids is 1. The summed E-state index contributed by atoms with van der Waals surface area (Å²) < 4.78 is 10.2. The van der Waals surface area contributed by atoms with Gasteiger partial charge in [-0.05, 0) is 42.2 Å². The van der Waals surface area contributed by atoms with Crippen molar-refractivity contribution >= 4 is 17.6 Å². The second kappa shape index (κ2) is 11.6. The normalized spacial score (nSPS) is 10.8. The molecule has 0 heterocycles. The predicted octanol–water partition coefficient (Wildman–Crippen LogP) is 4.02. The molecule has 0 radical (unpaired) electrons. The van der Waals surface area contributed by atoms with Crippen molar-refractivity contribution in [1.82, 2.24) is 0 Å². The average molecular weight is 383 g/mol. The topological polar surface area (TPSA) is 84.9 Å². The molecule has 2 N–H and O–H groups in total. The summed E-state index contributed by atoms with van der Waals surface area (Å²) in [5.41, 5.74) is 2.70. The van der Waals surface area contributed by atoms with Crippen LogP contribution in [0.5, 0.6) is 0 Å². The Morgan fingerprint density at radius 2 is 1.86 bits per heavy atom. The number of carbonyl (C=O) groups is 2. The molecule has 2 aromatic rings. The minimum Gasteiger partial charge on any atom is -0.478 e. The highest BCUT2D eigenvalue weighted by atomic mass is 16.5. The Bertz CT molecular complexity index is 802. The summed E-state index contributed by atoms with van der Waals surface area (Å²) in [6.07, 6.45) is 4.71. The Hall–Kier alpha value is -3.12. The number of aromatic carboxylic acids is 1. The number of carboxylic acid groups (broad SMARTS) is 1. The minimum absolute atomic E-state index is 0.220. The third-order valence-electron chi connectivity index (χ3n) is 3.91. The van der Waals surface area contributed by atoms with Crippen LogP contribution in [0, 0.1) is 0 Å². The maximum Gasteiger partial charge on any atom is 0.335 e. The van der Waals surface area contributed by atoms with Gasteiger partial charge in [-0.15, -0.1) is 0 Å². The molecule has 0 amide bonds. The Balaban J connectivity index is 1.71. The molecule has 0 spiro atoms. The average Bonchev–Trinajstić information content (AvgIpc) is 2.70. The van der Waals surface area contributed by atoms with Gasteiger partial charge in [-0.2, -0.15) is 0 Å². The first-order valence-electron chi connectivity index (χ1n) is 9.06. The second-order valence-electron chi connectivity index (χ2n) is 6.22. The number of methoxy groups -OCH3 is 1. The van der Waals surface area contributed by atoms with Crippen LogP contribution in [0.15, 0.2) is 60.7 Å². The van der Waals surface area contributed by atoms with Crippen LogP contribution in [0.3, 0.4) is 0 Å². The molecule has 0 atom stereocenters. The van der Waals surface area contributed by atoms with Crippen LogP contribution in [0.1, 0.15) is 34.3 Å². The van der Waals surface area contributed by atoms with Crippen LogP contribution in [0.2, 0.25) is 0 Å². The van der Waals surface area contributed by atoms with Gasteiger partial charge in [-0.1, -0.05) is 36.4 Å². The third-order valence-corrected chi connectivity index (χ3v) is 3.91. The zero-order valence-electron chi connectivity index (χ0n) is 15.9. The minimum atomic E-state index is -0.974. The largest absolute Gasteiger partial charge is 0.478 e. The fourth-order valence-corrected chi connectivity index (χ4v) is 2.58. The van der Waals surface area contributed by atoms with E-state index in [1.54, 1.807) is 25.3 Å². The lowest BCUT2D eigenvalue weighted by atomic mass is 10.1. The summed E-state index contributed by atoms with van der Waals surface area (Å²) in [4.78, 5) is 22.9. The monoisotopic (exact) mass is 383 g/mol. The Kier molecular flexibility index (Phi) is 8.75. The number of ether oxygens (including phenoxy) is 2. The summed E-state index contributed by atoms with van der Waals surface area (Å²) in [6, 6.07) is 14.6. The van der Waals surface area contributed by atoms with Crippen molar-refractivity contribution in [3.8, 4) is 0 Å². The second-order valence-corrected chi connectivity index (χ2v) is 6.22. The first-order valence-corrected chi connectivity index (χ1v) is 9.06.